The average molecular weight is 149 g/mol. The number of alkyl halides is 1. The summed E-state index contributed by atoms with van der Waals surface area (Å²) in [6, 6.07) is -0.594. The molecule has 4 heteroatoms. The Morgan fingerprint density at radius 1 is 1.70 bits per heavy atom. The van der Waals surface area contributed by atoms with Gasteiger partial charge in [-0.1, -0.05) is 0 Å². The van der Waals surface area contributed by atoms with Gasteiger partial charge in [0.05, 0.1) is 18.8 Å². The minimum Gasteiger partial charge on any atom is -0.388 e. The minimum atomic E-state index is -1.33. The first-order chi connectivity index (χ1) is 4.63. The highest BCUT2D eigenvalue weighted by atomic mass is 19.1. The third kappa shape index (κ3) is 1.28. The lowest BCUT2D eigenvalue weighted by atomic mass is 10.0. The van der Waals surface area contributed by atoms with Crippen molar-refractivity contribution < 1.29 is 14.2 Å². The van der Waals surface area contributed by atoms with Gasteiger partial charge in [0.1, 0.15) is 6.10 Å². The Hall–Kier alpha value is -0.190. The van der Waals surface area contributed by atoms with Crippen LogP contribution < -0.4 is 5.73 Å². The largest absolute Gasteiger partial charge is 0.388 e. The molecule has 0 aliphatic carbocycles. The van der Waals surface area contributed by atoms with E-state index in [2.05, 4.69) is 0 Å². The monoisotopic (exact) mass is 149 g/mol. The minimum absolute atomic E-state index is 0.0456. The molecule has 0 bridgehead atoms. The van der Waals surface area contributed by atoms with Crippen LogP contribution >= 0.6 is 0 Å². The number of hydrogen-bond acceptors (Lipinski definition) is 3. The molecule has 1 aliphatic heterocycles. The van der Waals surface area contributed by atoms with E-state index in [4.69, 9.17) is 15.6 Å². The smallest absolute Gasteiger partial charge is 0.151 e. The van der Waals surface area contributed by atoms with E-state index in [1.807, 2.05) is 0 Å². The highest BCUT2D eigenvalue weighted by Gasteiger charge is 2.34. The van der Waals surface area contributed by atoms with Crippen molar-refractivity contribution in [3.05, 3.63) is 0 Å². The molecule has 60 valence electrons. The van der Waals surface area contributed by atoms with E-state index in [1.54, 1.807) is 6.92 Å². The summed E-state index contributed by atoms with van der Waals surface area (Å²) >= 11 is 0. The van der Waals surface area contributed by atoms with Crippen molar-refractivity contribution in [1.82, 2.24) is 0 Å². The molecule has 10 heavy (non-hydrogen) atoms. The molecule has 1 heterocycles. The van der Waals surface area contributed by atoms with Crippen molar-refractivity contribution in [2.45, 2.75) is 31.3 Å². The summed E-state index contributed by atoms with van der Waals surface area (Å²) in [5.41, 5.74) is 5.40. The molecule has 0 radical (unpaired) electrons. The van der Waals surface area contributed by atoms with Crippen molar-refractivity contribution >= 4 is 0 Å². The van der Waals surface area contributed by atoms with Crippen LogP contribution in [0.4, 0.5) is 4.39 Å². The van der Waals surface area contributed by atoms with Crippen molar-refractivity contribution in [3.8, 4) is 0 Å². The molecule has 0 aromatic rings. The summed E-state index contributed by atoms with van der Waals surface area (Å²) in [7, 11) is 0. The molecular formula is C6H12FNO2. The number of aliphatic hydroxyl groups excluding tert-OH is 1. The van der Waals surface area contributed by atoms with Crippen LogP contribution in [0.1, 0.15) is 6.92 Å². The molecule has 0 unspecified atom stereocenters. The SMILES string of the molecule is C[C@H]1OC[C@H](F)[C@@H](O)[C@@H]1N. The lowest BCUT2D eigenvalue weighted by Crippen LogP contribution is -2.54. The molecule has 0 saturated carbocycles. The Morgan fingerprint density at radius 2 is 2.30 bits per heavy atom. The average Bonchev–Trinajstić information content (AvgIpc) is 1.93. The Bertz CT molecular complexity index is 108. The number of halogens is 1. The maximum absolute atomic E-state index is 12.5. The maximum Gasteiger partial charge on any atom is 0.151 e. The van der Waals surface area contributed by atoms with Gasteiger partial charge >= 0.3 is 0 Å². The Labute approximate surface area is 59.0 Å². The molecule has 0 amide bonds. The van der Waals surface area contributed by atoms with Crippen LogP contribution in [0, 0.1) is 0 Å². The first kappa shape index (κ1) is 7.91. The zero-order valence-corrected chi connectivity index (χ0v) is 5.83. The fourth-order valence-corrected chi connectivity index (χ4v) is 0.972. The van der Waals surface area contributed by atoms with E-state index in [-0.39, 0.29) is 12.7 Å². The van der Waals surface area contributed by atoms with Gasteiger partial charge in [-0.25, -0.2) is 4.39 Å². The van der Waals surface area contributed by atoms with Crippen LogP contribution in [-0.4, -0.2) is 36.1 Å². The van der Waals surface area contributed by atoms with Gasteiger partial charge in [0, 0.05) is 0 Å². The highest BCUT2D eigenvalue weighted by molar-refractivity contribution is 4.87. The van der Waals surface area contributed by atoms with E-state index in [9.17, 15) is 4.39 Å². The molecule has 3 nitrogen and oxygen atoms in total. The molecule has 1 rings (SSSR count). The first-order valence-corrected chi connectivity index (χ1v) is 3.32. The van der Waals surface area contributed by atoms with E-state index in [0.717, 1.165) is 0 Å². The van der Waals surface area contributed by atoms with Crippen LogP contribution in [0.15, 0.2) is 0 Å². The highest BCUT2D eigenvalue weighted by Crippen LogP contribution is 2.15. The summed E-state index contributed by atoms with van der Waals surface area (Å²) in [5.74, 6) is 0. The van der Waals surface area contributed by atoms with Crippen LogP contribution in [0.2, 0.25) is 0 Å². The number of aliphatic hydroxyl groups is 1. The predicted octanol–water partition coefficient (Wildman–Crippen LogP) is -0.569. The second-order valence-corrected chi connectivity index (χ2v) is 2.62. The molecule has 1 fully saturated rings. The fraction of sp³-hybridized carbons (Fsp3) is 1.00. The molecule has 1 saturated heterocycles. The fourth-order valence-electron chi connectivity index (χ4n) is 0.972. The van der Waals surface area contributed by atoms with Gasteiger partial charge in [-0.15, -0.1) is 0 Å². The second kappa shape index (κ2) is 2.82. The van der Waals surface area contributed by atoms with Crippen molar-refractivity contribution in [2.75, 3.05) is 6.61 Å². The van der Waals surface area contributed by atoms with Gasteiger partial charge in [0.15, 0.2) is 6.17 Å². The van der Waals surface area contributed by atoms with Gasteiger partial charge in [-0.05, 0) is 6.92 Å². The Morgan fingerprint density at radius 3 is 2.80 bits per heavy atom. The Kier molecular flexibility index (Phi) is 2.23. The van der Waals surface area contributed by atoms with Crippen molar-refractivity contribution in [1.29, 1.82) is 0 Å². The molecule has 1 aliphatic rings. The van der Waals surface area contributed by atoms with Gasteiger partial charge < -0.3 is 15.6 Å². The third-order valence-electron chi connectivity index (χ3n) is 1.83. The molecule has 0 spiro atoms. The van der Waals surface area contributed by atoms with E-state index in [0.29, 0.717) is 0 Å². The second-order valence-electron chi connectivity index (χ2n) is 2.62. The van der Waals surface area contributed by atoms with Crippen molar-refractivity contribution in [3.63, 3.8) is 0 Å². The van der Waals surface area contributed by atoms with E-state index < -0.39 is 18.3 Å². The third-order valence-corrected chi connectivity index (χ3v) is 1.83. The van der Waals surface area contributed by atoms with Crippen LogP contribution in [0.25, 0.3) is 0 Å². The lowest BCUT2D eigenvalue weighted by molar-refractivity contribution is -0.0994. The number of nitrogens with two attached hydrogens (primary N) is 1. The zero-order valence-electron chi connectivity index (χ0n) is 5.83. The maximum atomic E-state index is 12.5. The van der Waals surface area contributed by atoms with Crippen LogP contribution in [-0.2, 0) is 4.74 Å². The standard InChI is InChI=1S/C6H12FNO2/c1-3-5(8)6(9)4(7)2-10-3/h3-6,9H,2,8H2,1H3/t3-,4+,5-,6-/m1/s1. The van der Waals surface area contributed by atoms with Gasteiger partial charge in [0.25, 0.3) is 0 Å². The summed E-state index contributed by atoms with van der Waals surface area (Å²) in [4.78, 5) is 0. The number of rotatable bonds is 0. The van der Waals surface area contributed by atoms with E-state index in [1.165, 1.54) is 0 Å². The van der Waals surface area contributed by atoms with Gasteiger partial charge in [-0.3, -0.25) is 0 Å². The summed E-state index contributed by atoms with van der Waals surface area (Å²) in [6.45, 7) is 1.68. The normalized spacial score (nSPS) is 49.2. The first-order valence-electron chi connectivity index (χ1n) is 3.32. The number of ether oxygens (including phenoxy) is 1. The van der Waals surface area contributed by atoms with Gasteiger partial charge in [-0.2, -0.15) is 0 Å². The number of hydrogen-bond donors (Lipinski definition) is 2. The molecule has 0 aromatic heterocycles. The predicted molar refractivity (Wildman–Crippen MR) is 34.3 cm³/mol. The van der Waals surface area contributed by atoms with Crippen LogP contribution in [0.3, 0.4) is 0 Å². The lowest BCUT2D eigenvalue weighted by Gasteiger charge is -2.32. The molecular weight excluding hydrogens is 137 g/mol. The molecule has 4 atom stereocenters. The van der Waals surface area contributed by atoms with Crippen molar-refractivity contribution in [2.24, 2.45) is 5.73 Å². The summed E-state index contributed by atoms with van der Waals surface area (Å²) in [6.07, 6.45) is -2.64. The molecule has 0 aromatic carbocycles. The summed E-state index contributed by atoms with van der Waals surface area (Å²) < 4.78 is 17.5. The quantitative estimate of drug-likeness (QED) is 0.485. The van der Waals surface area contributed by atoms with E-state index >= 15 is 0 Å². The summed E-state index contributed by atoms with van der Waals surface area (Å²) in [5, 5.41) is 9.04. The van der Waals surface area contributed by atoms with Gasteiger partial charge in [0.2, 0.25) is 0 Å². The zero-order chi connectivity index (χ0) is 7.72. The Balaban J connectivity index is 2.52. The topological polar surface area (TPSA) is 55.5 Å². The molecule has 3 N–H and O–H groups in total. The van der Waals surface area contributed by atoms with Crippen LogP contribution in [0.5, 0.6) is 0 Å².